The average Bonchev–Trinajstić information content (AvgIpc) is 3.68. The third-order valence-corrected chi connectivity index (χ3v) is 7.90. The minimum absolute atomic E-state index is 0.00731. The molecule has 6 rings (SSSR count). The molecule has 0 aromatic heterocycles. The van der Waals surface area contributed by atoms with Crippen molar-refractivity contribution in [1.82, 2.24) is 24.6 Å². The van der Waals surface area contributed by atoms with Crippen LogP contribution < -0.4 is 10.9 Å². The number of hydrogen-bond acceptors (Lipinski definition) is 5. The molecule has 0 spiro atoms. The Morgan fingerprint density at radius 1 is 1.00 bits per heavy atom. The van der Waals surface area contributed by atoms with Crippen molar-refractivity contribution in [3.63, 3.8) is 0 Å². The molecule has 1 N–H and O–H groups in total. The minimum Gasteiger partial charge on any atom is -0.352 e. The number of hydrogen-bond donors (Lipinski definition) is 1. The maximum atomic E-state index is 13.5. The molecule has 178 valence electrons. The van der Waals surface area contributed by atoms with E-state index in [9.17, 15) is 9.59 Å². The minimum atomic E-state index is -0.426. The fourth-order valence-electron chi connectivity index (χ4n) is 4.70. The Labute approximate surface area is 207 Å². The van der Waals surface area contributed by atoms with Gasteiger partial charge in [-0.15, -0.1) is 5.10 Å². The molecule has 1 aliphatic carbocycles. The lowest BCUT2D eigenvalue weighted by atomic mass is 10.1. The Balaban J connectivity index is 1.48. The van der Waals surface area contributed by atoms with Crippen LogP contribution in [0, 0.1) is 0 Å². The summed E-state index contributed by atoms with van der Waals surface area (Å²) in [7, 11) is 0. The summed E-state index contributed by atoms with van der Waals surface area (Å²) in [6.07, 6.45) is 6.00. The summed E-state index contributed by atoms with van der Waals surface area (Å²) < 4.78 is 3.62. The van der Waals surface area contributed by atoms with Gasteiger partial charge in [0.15, 0.2) is 11.0 Å². The highest BCUT2D eigenvalue weighted by molar-refractivity contribution is 8.00. The molecule has 1 atom stereocenters. The van der Waals surface area contributed by atoms with Gasteiger partial charge in [0, 0.05) is 18.3 Å². The molecule has 2 aromatic carbocycles. The third kappa shape index (κ3) is 4.38. The van der Waals surface area contributed by atoms with Crippen LogP contribution in [0.5, 0.6) is 0 Å². The van der Waals surface area contributed by atoms with E-state index in [1.165, 1.54) is 16.4 Å². The first kappa shape index (κ1) is 22.1. The average molecular weight is 486 g/mol. The summed E-state index contributed by atoms with van der Waals surface area (Å²) in [5.74, 6) is 0.455. The van der Waals surface area contributed by atoms with Gasteiger partial charge in [-0.1, -0.05) is 66.7 Å². The number of amides is 1. The van der Waals surface area contributed by atoms with Gasteiger partial charge >= 0.3 is 0 Å². The van der Waals surface area contributed by atoms with Crippen LogP contribution in [0.15, 0.2) is 70.6 Å². The SMILES string of the molecule is O=C(NC1CC1)C(Sc1nc2nn(-c3ccccc3)c(=O)c-2c2n1CCCCC2)c1ccccc1. The normalized spacial score (nSPS) is 16.5. The molecule has 0 saturated heterocycles. The van der Waals surface area contributed by atoms with Crippen molar-refractivity contribution in [2.24, 2.45) is 0 Å². The molecule has 1 fully saturated rings. The van der Waals surface area contributed by atoms with E-state index in [1.54, 1.807) is 0 Å². The van der Waals surface area contributed by atoms with E-state index < -0.39 is 5.25 Å². The first-order valence-electron chi connectivity index (χ1n) is 12.3. The van der Waals surface area contributed by atoms with E-state index in [1.807, 2.05) is 60.7 Å². The summed E-state index contributed by atoms with van der Waals surface area (Å²) in [6, 6.07) is 19.6. The summed E-state index contributed by atoms with van der Waals surface area (Å²) in [6.45, 7) is 0.780. The van der Waals surface area contributed by atoms with Gasteiger partial charge in [-0.3, -0.25) is 9.59 Å². The summed E-state index contributed by atoms with van der Waals surface area (Å²) in [4.78, 5) is 31.7. The lowest BCUT2D eigenvalue weighted by Crippen LogP contribution is -2.30. The van der Waals surface area contributed by atoms with E-state index in [-0.39, 0.29) is 17.5 Å². The van der Waals surface area contributed by atoms with E-state index in [4.69, 9.17) is 4.98 Å². The van der Waals surface area contributed by atoms with Crippen molar-refractivity contribution < 1.29 is 4.79 Å². The number of carbonyl (C=O) groups excluding carboxylic acids is 1. The highest BCUT2D eigenvalue weighted by atomic mass is 32.2. The number of carbonyl (C=O) groups is 1. The second-order valence-corrected chi connectivity index (χ2v) is 10.3. The second kappa shape index (κ2) is 9.34. The van der Waals surface area contributed by atoms with Gasteiger partial charge in [0.25, 0.3) is 5.56 Å². The highest BCUT2D eigenvalue weighted by Crippen LogP contribution is 2.38. The smallest absolute Gasteiger partial charge is 0.284 e. The van der Waals surface area contributed by atoms with Crippen LogP contribution in [0.2, 0.25) is 0 Å². The Morgan fingerprint density at radius 3 is 2.49 bits per heavy atom. The number of rotatable bonds is 6. The van der Waals surface area contributed by atoms with Crippen LogP contribution in [-0.4, -0.2) is 31.3 Å². The molecule has 1 unspecified atom stereocenters. The lowest BCUT2D eigenvalue weighted by molar-refractivity contribution is -0.120. The maximum Gasteiger partial charge on any atom is 0.284 e. The number of nitrogens with one attached hydrogen (secondary N) is 1. The zero-order valence-corrected chi connectivity index (χ0v) is 20.2. The zero-order chi connectivity index (χ0) is 23.8. The molecule has 3 aliphatic heterocycles. The van der Waals surface area contributed by atoms with Crippen LogP contribution in [-0.2, 0) is 17.8 Å². The largest absolute Gasteiger partial charge is 0.352 e. The van der Waals surface area contributed by atoms with Gasteiger partial charge < -0.3 is 9.88 Å². The van der Waals surface area contributed by atoms with Gasteiger partial charge in [0.1, 0.15) is 10.8 Å². The van der Waals surface area contributed by atoms with Crippen molar-refractivity contribution in [2.45, 2.75) is 61.5 Å². The topological polar surface area (TPSA) is 81.8 Å². The van der Waals surface area contributed by atoms with Crippen molar-refractivity contribution in [3.8, 4) is 17.1 Å². The summed E-state index contributed by atoms with van der Waals surface area (Å²) in [5.41, 5.74) is 3.12. The van der Waals surface area contributed by atoms with Gasteiger partial charge in [-0.25, -0.2) is 4.98 Å². The third-order valence-electron chi connectivity index (χ3n) is 6.65. The van der Waals surface area contributed by atoms with Crippen molar-refractivity contribution in [2.75, 3.05) is 0 Å². The van der Waals surface area contributed by atoms with E-state index in [0.29, 0.717) is 11.4 Å². The second-order valence-electron chi connectivity index (χ2n) is 9.25. The monoisotopic (exact) mass is 485 g/mol. The molecule has 0 bridgehead atoms. The molecule has 7 nitrogen and oxygen atoms in total. The Morgan fingerprint density at radius 2 is 1.74 bits per heavy atom. The fraction of sp³-hybridized carbons (Fsp3) is 0.333. The molecule has 0 radical (unpaired) electrons. The number of para-hydroxylation sites is 1. The molecule has 1 amide bonds. The van der Waals surface area contributed by atoms with Gasteiger partial charge in [0.2, 0.25) is 5.91 Å². The Hall–Kier alpha value is -3.39. The Kier molecular flexibility index (Phi) is 5.90. The van der Waals surface area contributed by atoms with Crippen LogP contribution in [0.25, 0.3) is 17.1 Å². The van der Waals surface area contributed by atoms with E-state index in [2.05, 4.69) is 15.0 Å². The fourth-order valence-corrected chi connectivity index (χ4v) is 5.85. The van der Waals surface area contributed by atoms with Crippen LogP contribution in [0.4, 0.5) is 0 Å². The number of thioether (sulfide) groups is 1. The maximum absolute atomic E-state index is 13.5. The van der Waals surface area contributed by atoms with Gasteiger partial charge in [-0.05, 0) is 49.8 Å². The first-order valence-corrected chi connectivity index (χ1v) is 13.2. The van der Waals surface area contributed by atoms with E-state index >= 15 is 0 Å². The standard InChI is InChI=1S/C27H27N5O2S/c33-25(28-19-15-16-19)23(18-10-4-1-5-11-18)35-27-29-24-22(21-14-8-3-9-17-31(21)27)26(34)32(30-24)20-12-6-2-7-13-20/h1-2,4-7,10-13,19,23H,3,8-9,14-17H2,(H,28,33). The predicted molar refractivity (Wildman–Crippen MR) is 136 cm³/mol. The number of nitrogens with zero attached hydrogens (tertiary/aromatic N) is 4. The highest BCUT2D eigenvalue weighted by Gasteiger charge is 2.32. The molecule has 2 aromatic rings. The Bertz CT molecular complexity index is 1380. The number of benzene rings is 2. The summed E-state index contributed by atoms with van der Waals surface area (Å²) >= 11 is 1.46. The molecule has 4 aliphatic rings. The molecular weight excluding hydrogens is 458 g/mol. The van der Waals surface area contributed by atoms with Crippen molar-refractivity contribution in [1.29, 1.82) is 0 Å². The van der Waals surface area contributed by atoms with E-state index in [0.717, 1.165) is 67.2 Å². The van der Waals surface area contributed by atoms with Crippen molar-refractivity contribution >= 4 is 17.7 Å². The molecule has 3 heterocycles. The van der Waals surface area contributed by atoms with Crippen LogP contribution in [0.1, 0.15) is 48.6 Å². The predicted octanol–water partition coefficient (Wildman–Crippen LogP) is 4.37. The first-order chi connectivity index (χ1) is 17.2. The van der Waals surface area contributed by atoms with Crippen LogP contribution in [0.3, 0.4) is 0 Å². The van der Waals surface area contributed by atoms with Gasteiger partial charge in [0.05, 0.1) is 5.69 Å². The van der Waals surface area contributed by atoms with Crippen LogP contribution >= 0.6 is 11.8 Å². The zero-order valence-electron chi connectivity index (χ0n) is 19.4. The number of aromatic nitrogens is 4. The quantitative estimate of drug-likeness (QED) is 0.324. The molecule has 8 heteroatoms. The van der Waals surface area contributed by atoms with Crippen molar-refractivity contribution in [3.05, 3.63) is 82.3 Å². The molecular formula is C27H27N5O2S. The summed E-state index contributed by atoms with van der Waals surface area (Å²) in [5, 5.41) is 8.12. The lowest BCUT2D eigenvalue weighted by Gasteiger charge is -2.21. The molecule has 1 saturated carbocycles. The number of fused-ring (bicyclic) bond motifs is 3. The van der Waals surface area contributed by atoms with Gasteiger partial charge in [-0.2, -0.15) is 4.68 Å². The molecule has 35 heavy (non-hydrogen) atoms.